The molecule has 2 heterocycles. The van der Waals surface area contributed by atoms with E-state index in [2.05, 4.69) is 36.9 Å². The van der Waals surface area contributed by atoms with Gasteiger partial charge in [0.05, 0.1) is 5.56 Å². The van der Waals surface area contributed by atoms with E-state index in [1.54, 1.807) is 0 Å². The number of hydrogen-bond acceptors (Lipinski definition) is 5. The summed E-state index contributed by atoms with van der Waals surface area (Å²) in [5.41, 5.74) is 2.18. The zero-order valence-corrected chi connectivity index (χ0v) is 16.3. The molecule has 2 aromatic rings. The molecule has 1 spiro atoms. The molecule has 5 heteroatoms. The van der Waals surface area contributed by atoms with Crippen molar-refractivity contribution in [2.75, 3.05) is 20.1 Å². The SMILES string of the molecule is CCCCN(CC)C1=NC2(ON1C)c1ccccc1COc1ccccc12. The summed E-state index contributed by atoms with van der Waals surface area (Å²) in [6.07, 6.45) is 2.28. The molecular formula is C22H27N3O2. The maximum atomic E-state index is 6.51. The molecule has 0 saturated carbocycles. The monoisotopic (exact) mass is 365 g/mol. The molecule has 0 saturated heterocycles. The number of nitrogens with zero attached hydrogens (tertiary/aromatic N) is 3. The number of hydroxylamine groups is 2. The zero-order chi connectivity index (χ0) is 18.9. The first-order valence-corrected chi connectivity index (χ1v) is 9.78. The van der Waals surface area contributed by atoms with Gasteiger partial charge in [0.1, 0.15) is 12.4 Å². The number of para-hydroxylation sites is 1. The molecule has 2 aliphatic heterocycles. The van der Waals surface area contributed by atoms with Crippen LogP contribution >= 0.6 is 0 Å². The summed E-state index contributed by atoms with van der Waals surface area (Å²) in [6, 6.07) is 16.3. The average molecular weight is 365 g/mol. The molecule has 0 amide bonds. The molecule has 1 atom stereocenters. The van der Waals surface area contributed by atoms with Crippen LogP contribution in [0.2, 0.25) is 0 Å². The first-order chi connectivity index (χ1) is 13.2. The second-order valence-electron chi connectivity index (χ2n) is 7.02. The van der Waals surface area contributed by atoms with Crippen molar-refractivity contribution < 1.29 is 9.57 Å². The molecular weight excluding hydrogens is 338 g/mol. The Morgan fingerprint density at radius 3 is 2.59 bits per heavy atom. The van der Waals surface area contributed by atoms with Gasteiger partial charge >= 0.3 is 0 Å². The highest BCUT2D eigenvalue weighted by Crippen LogP contribution is 2.47. The van der Waals surface area contributed by atoms with Crippen LogP contribution in [-0.2, 0) is 17.2 Å². The Balaban J connectivity index is 1.88. The van der Waals surface area contributed by atoms with E-state index in [0.717, 1.165) is 54.3 Å². The highest BCUT2D eigenvalue weighted by molar-refractivity contribution is 5.81. The van der Waals surface area contributed by atoms with Crippen molar-refractivity contribution in [2.24, 2.45) is 4.99 Å². The summed E-state index contributed by atoms with van der Waals surface area (Å²) in [5.74, 6) is 1.70. The number of unbranched alkanes of at least 4 members (excludes halogenated alkanes) is 1. The molecule has 4 rings (SSSR count). The van der Waals surface area contributed by atoms with Crippen molar-refractivity contribution in [3.63, 3.8) is 0 Å². The first-order valence-electron chi connectivity index (χ1n) is 9.78. The van der Waals surface area contributed by atoms with Gasteiger partial charge in [0.2, 0.25) is 11.7 Å². The minimum absolute atomic E-state index is 0.514. The molecule has 0 N–H and O–H groups in total. The van der Waals surface area contributed by atoms with Crippen molar-refractivity contribution >= 4 is 5.96 Å². The van der Waals surface area contributed by atoms with Crippen LogP contribution in [0, 0.1) is 0 Å². The third kappa shape index (κ3) is 2.96. The second kappa shape index (κ2) is 7.24. The number of hydrogen-bond donors (Lipinski definition) is 0. The van der Waals surface area contributed by atoms with Gasteiger partial charge in [-0.25, -0.2) is 14.9 Å². The lowest BCUT2D eigenvalue weighted by Crippen LogP contribution is -2.40. The minimum atomic E-state index is -0.909. The van der Waals surface area contributed by atoms with E-state index in [4.69, 9.17) is 14.6 Å². The Morgan fingerprint density at radius 2 is 1.81 bits per heavy atom. The van der Waals surface area contributed by atoms with Crippen molar-refractivity contribution in [3.05, 3.63) is 65.2 Å². The summed E-state index contributed by atoms with van der Waals surface area (Å²) in [6.45, 7) is 6.74. The summed E-state index contributed by atoms with van der Waals surface area (Å²) < 4.78 is 6.10. The van der Waals surface area contributed by atoms with Gasteiger partial charge < -0.3 is 9.64 Å². The van der Waals surface area contributed by atoms with Crippen LogP contribution in [0.15, 0.2) is 53.5 Å². The van der Waals surface area contributed by atoms with Crippen LogP contribution in [0.5, 0.6) is 5.75 Å². The van der Waals surface area contributed by atoms with Crippen LogP contribution in [0.25, 0.3) is 0 Å². The molecule has 0 aromatic heterocycles. The molecule has 2 aliphatic rings. The third-order valence-electron chi connectivity index (χ3n) is 5.27. The quantitative estimate of drug-likeness (QED) is 0.816. The number of fused-ring (bicyclic) bond motifs is 4. The number of ether oxygens (including phenoxy) is 1. The van der Waals surface area contributed by atoms with E-state index in [9.17, 15) is 0 Å². The van der Waals surface area contributed by atoms with E-state index in [-0.39, 0.29) is 0 Å². The lowest BCUT2D eigenvalue weighted by Gasteiger charge is -2.28. The summed E-state index contributed by atoms with van der Waals surface area (Å²) in [7, 11) is 1.94. The molecule has 1 unspecified atom stereocenters. The molecule has 0 aliphatic carbocycles. The van der Waals surface area contributed by atoms with Crippen molar-refractivity contribution in [1.29, 1.82) is 0 Å². The normalized spacial score (nSPS) is 20.6. The Labute approximate surface area is 161 Å². The van der Waals surface area contributed by atoms with Gasteiger partial charge in [-0.1, -0.05) is 49.7 Å². The predicted molar refractivity (Wildman–Crippen MR) is 106 cm³/mol. The van der Waals surface area contributed by atoms with Gasteiger partial charge in [0.25, 0.3) is 0 Å². The van der Waals surface area contributed by atoms with E-state index in [1.165, 1.54) is 0 Å². The highest BCUT2D eigenvalue weighted by Gasteiger charge is 2.48. The fourth-order valence-corrected chi connectivity index (χ4v) is 3.86. The number of aliphatic imine (C=N–C) groups is 1. The van der Waals surface area contributed by atoms with E-state index >= 15 is 0 Å². The number of rotatable bonds is 4. The van der Waals surface area contributed by atoms with Crippen molar-refractivity contribution in [3.8, 4) is 5.75 Å². The van der Waals surface area contributed by atoms with Crippen LogP contribution < -0.4 is 4.74 Å². The van der Waals surface area contributed by atoms with Gasteiger partial charge in [-0.3, -0.25) is 0 Å². The topological polar surface area (TPSA) is 37.3 Å². The minimum Gasteiger partial charge on any atom is -0.488 e. The van der Waals surface area contributed by atoms with Gasteiger partial charge in [-0.15, -0.1) is 0 Å². The lowest BCUT2D eigenvalue weighted by molar-refractivity contribution is -0.155. The predicted octanol–water partition coefficient (Wildman–Crippen LogP) is 4.14. The van der Waals surface area contributed by atoms with Crippen molar-refractivity contribution in [1.82, 2.24) is 9.96 Å². The molecule has 142 valence electrons. The Bertz CT molecular complexity index is 801. The fourth-order valence-electron chi connectivity index (χ4n) is 3.86. The van der Waals surface area contributed by atoms with E-state index in [1.807, 2.05) is 42.4 Å². The molecule has 5 nitrogen and oxygen atoms in total. The van der Waals surface area contributed by atoms with E-state index in [0.29, 0.717) is 6.61 Å². The maximum absolute atomic E-state index is 6.51. The number of guanidine groups is 1. The van der Waals surface area contributed by atoms with Gasteiger partial charge in [-0.2, -0.15) is 0 Å². The largest absolute Gasteiger partial charge is 0.488 e. The van der Waals surface area contributed by atoms with Crippen LogP contribution in [0.3, 0.4) is 0 Å². The van der Waals surface area contributed by atoms with Crippen LogP contribution in [0.1, 0.15) is 43.4 Å². The number of benzene rings is 2. The fraction of sp³-hybridized carbons (Fsp3) is 0.409. The molecule has 0 fully saturated rings. The van der Waals surface area contributed by atoms with Gasteiger partial charge in [0.15, 0.2) is 0 Å². The average Bonchev–Trinajstić information content (AvgIpc) is 2.98. The van der Waals surface area contributed by atoms with E-state index < -0.39 is 5.72 Å². The lowest BCUT2D eigenvalue weighted by atomic mass is 9.91. The molecule has 27 heavy (non-hydrogen) atoms. The second-order valence-corrected chi connectivity index (χ2v) is 7.02. The standard InChI is InChI=1S/C22H27N3O2/c1-4-6-15-25(5-2)21-23-22(27-24(21)3)18-12-8-7-11-17(18)16-26-20-14-10-9-13-19(20)22/h7-14H,4-6,15-16H2,1-3H3. The molecule has 0 bridgehead atoms. The molecule has 2 aromatic carbocycles. The summed E-state index contributed by atoms with van der Waals surface area (Å²) in [5, 5.41) is 1.82. The summed E-state index contributed by atoms with van der Waals surface area (Å²) in [4.78, 5) is 14.0. The van der Waals surface area contributed by atoms with Gasteiger partial charge in [0, 0.05) is 25.7 Å². The van der Waals surface area contributed by atoms with Crippen LogP contribution in [0.4, 0.5) is 0 Å². The van der Waals surface area contributed by atoms with Crippen LogP contribution in [-0.4, -0.2) is 36.1 Å². The Hall–Kier alpha value is -2.53. The Morgan fingerprint density at radius 1 is 1.07 bits per heavy atom. The maximum Gasteiger partial charge on any atom is 0.243 e. The molecule has 0 radical (unpaired) electrons. The van der Waals surface area contributed by atoms with Crippen molar-refractivity contribution in [2.45, 2.75) is 39.0 Å². The highest BCUT2D eigenvalue weighted by atomic mass is 16.7. The third-order valence-corrected chi connectivity index (χ3v) is 5.27. The first kappa shape index (κ1) is 17.9. The Kier molecular flexibility index (Phi) is 4.79. The smallest absolute Gasteiger partial charge is 0.243 e. The summed E-state index contributed by atoms with van der Waals surface area (Å²) >= 11 is 0. The zero-order valence-electron chi connectivity index (χ0n) is 16.3. The van der Waals surface area contributed by atoms with Gasteiger partial charge in [-0.05, 0) is 31.0 Å².